The average molecular weight is 453 g/mol. The number of likely N-dealkylation sites (N-methyl/N-ethyl adjacent to an activating group) is 1. The minimum Gasteiger partial charge on any atom is -0.493 e. The third kappa shape index (κ3) is 5.64. The average Bonchev–Trinajstić information content (AvgIpc) is 3.07. The molecule has 3 rings (SSSR count). The molecule has 1 aliphatic rings. The van der Waals surface area contributed by atoms with E-state index in [1.165, 1.54) is 0 Å². The monoisotopic (exact) mass is 452 g/mol. The van der Waals surface area contributed by atoms with Crippen LogP contribution in [0.5, 0.6) is 11.5 Å². The number of amides is 2. The second-order valence-corrected chi connectivity index (χ2v) is 8.24. The van der Waals surface area contributed by atoms with Gasteiger partial charge in [-0.25, -0.2) is 0 Å². The maximum absolute atomic E-state index is 12.6. The Kier molecular flexibility index (Phi) is 7.60. The molecule has 1 atom stereocenters. The number of ether oxygens (including phenoxy) is 2. The standard InChI is InChI=1S/C25H32N4O4/c1-16(13-21-20-14-23(32-5)24(33-6)15-22(20)27-25(21)31)26-18-7-9-19(10-8-18)29(17(2)30)12-11-28(3)4/h7-10,13-16,26H,11-12H2,1-6H3,(H,27,31). The zero-order valence-corrected chi connectivity index (χ0v) is 20.1. The highest BCUT2D eigenvalue weighted by atomic mass is 16.5. The molecule has 2 N–H and O–H groups in total. The van der Waals surface area contributed by atoms with Crippen molar-refractivity contribution in [2.75, 3.05) is 56.9 Å². The van der Waals surface area contributed by atoms with Gasteiger partial charge in [0.15, 0.2) is 11.5 Å². The lowest BCUT2D eigenvalue weighted by Crippen LogP contribution is -2.35. The normalized spacial score (nSPS) is 14.6. The summed E-state index contributed by atoms with van der Waals surface area (Å²) in [6.45, 7) is 4.96. The Bertz CT molecular complexity index is 1050. The predicted molar refractivity (Wildman–Crippen MR) is 132 cm³/mol. The molecule has 1 heterocycles. The smallest absolute Gasteiger partial charge is 0.256 e. The number of benzene rings is 2. The van der Waals surface area contributed by atoms with E-state index in [0.717, 1.165) is 23.5 Å². The highest BCUT2D eigenvalue weighted by Crippen LogP contribution is 2.40. The van der Waals surface area contributed by atoms with Gasteiger partial charge in [0.05, 0.1) is 19.9 Å². The molecule has 2 aromatic carbocycles. The summed E-state index contributed by atoms with van der Waals surface area (Å²) in [6, 6.07) is 11.2. The molecule has 33 heavy (non-hydrogen) atoms. The molecule has 8 nitrogen and oxygen atoms in total. The van der Waals surface area contributed by atoms with Crippen LogP contribution >= 0.6 is 0 Å². The number of fused-ring (bicyclic) bond motifs is 1. The second kappa shape index (κ2) is 10.4. The van der Waals surface area contributed by atoms with Crippen LogP contribution in [-0.4, -0.2) is 64.2 Å². The zero-order chi connectivity index (χ0) is 24.1. The molecule has 8 heteroatoms. The van der Waals surface area contributed by atoms with E-state index in [2.05, 4.69) is 10.6 Å². The van der Waals surface area contributed by atoms with E-state index in [1.54, 1.807) is 32.1 Å². The van der Waals surface area contributed by atoms with Gasteiger partial charge in [-0.2, -0.15) is 0 Å². The van der Waals surface area contributed by atoms with Crippen molar-refractivity contribution in [1.82, 2.24) is 4.90 Å². The van der Waals surface area contributed by atoms with Crippen LogP contribution in [0.15, 0.2) is 42.5 Å². The Morgan fingerprint density at radius 1 is 1.09 bits per heavy atom. The summed E-state index contributed by atoms with van der Waals surface area (Å²) in [6.07, 6.45) is 1.89. The van der Waals surface area contributed by atoms with Crippen LogP contribution in [0.25, 0.3) is 5.57 Å². The van der Waals surface area contributed by atoms with Gasteiger partial charge in [-0.15, -0.1) is 0 Å². The van der Waals surface area contributed by atoms with Gasteiger partial charge in [0, 0.05) is 54.6 Å². The van der Waals surface area contributed by atoms with Crippen LogP contribution in [0.1, 0.15) is 19.4 Å². The fraction of sp³-hybridized carbons (Fsp3) is 0.360. The third-order valence-corrected chi connectivity index (χ3v) is 5.45. The molecule has 0 bridgehead atoms. The van der Waals surface area contributed by atoms with Gasteiger partial charge in [-0.3, -0.25) is 9.59 Å². The maximum Gasteiger partial charge on any atom is 0.256 e. The largest absolute Gasteiger partial charge is 0.493 e. The van der Waals surface area contributed by atoms with Crippen molar-refractivity contribution >= 4 is 34.4 Å². The van der Waals surface area contributed by atoms with Gasteiger partial charge < -0.3 is 29.9 Å². The molecule has 0 spiro atoms. The van der Waals surface area contributed by atoms with Crippen molar-refractivity contribution < 1.29 is 19.1 Å². The molecule has 176 valence electrons. The molecule has 0 radical (unpaired) electrons. The minimum absolute atomic E-state index is 0.00799. The van der Waals surface area contributed by atoms with Gasteiger partial charge in [0.1, 0.15) is 0 Å². The molecule has 0 saturated heterocycles. The summed E-state index contributed by atoms with van der Waals surface area (Å²) < 4.78 is 10.7. The highest BCUT2D eigenvalue weighted by molar-refractivity contribution is 6.31. The van der Waals surface area contributed by atoms with Gasteiger partial charge in [0.25, 0.3) is 5.91 Å². The number of rotatable bonds is 9. The van der Waals surface area contributed by atoms with E-state index >= 15 is 0 Å². The first-order valence-corrected chi connectivity index (χ1v) is 10.8. The van der Waals surface area contributed by atoms with Crippen LogP contribution in [0.3, 0.4) is 0 Å². The Morgan fingerprint density at radius 3 is 2.30 bits per heavy atom. The van der Waals surface area contributed by atoms with Crippen molar-refractivity contribution in [1.29, 1.82) is 0 Å². The number of anilines is 3. The molecule has 2 aromatic rings. The summed E-state index contributed by atoms with van der Waals surface area (Å²) in [5.74, 6) is 0.976. The van der Waals surface area contributed by atoms with E-state index in [9.17, 15) is 9.59 Å². The van der Waals surface area contributed by atoms with Gasteiger partial charge in [-0.1, -0.05) is 0 Å². The number of hydrogen-bond acceptors (Lipinski definition) is 6. The molecule has 1 unspecified atom stereocenters. The summed E-state index contributed by atoms with van der Waals surface area (Å²) in [4.78, 5) is 28.4. The second-order valence-electron chi connectivity index (χ2n) is 8.24. The van der Waals surface area contributed by atoms with Crippen molar-refractivity contribution in [2.45, 2.75) is 19.9 Å². The number of hydrogen-bond donors (Lipinski definition) is 2. The lowest BCUT2D eigenvalue weighted by atomic mass is 10.0. The fourth-order valence-electron chi connectivity index (χ4n) is 3.74. The Balaban J connectivity index is 1.75. The first-order valence-electron chi connectivity index (χ1n) is 10.8. The lowest BCUT2D eigenvalue weighted by molar-refractivity contribution is -0.116. The Labute approximate surface area is 195 Å². The minimum atomic E-state index is -0.165. The van der Waals surface area contributed by atoms with E-state index < -0.39 is 0 Å². The van der Waals surface area contributed by atoms with E-state index in [-0.39, 0.29) is 17.9 Å². The van der Waals surface area contributed by atoms with E-state index in [4.69, 9.17) is 9.47 Å². The number of nitrogens with zero attached hydrogens (tertiary/aromatic N) is 2. The van der Waals surface area contributed by atoms with Crippen molar-refractivity contribution in [3.63, 3.8) is 0 Å². The first kappa shape index (κ1) is 24.1. The molecule has 0 aromatic heterocycles. The predicted octanol–water partition coefficient (Wildman–Crippen LogP) is 3.45. The number of carbonyl (C=O) groups excluding carboxylic acids is 2. The van der Waals surface area contributed by atoms with E-state index in [1.807, 2.05) is 62.3 Å². The van der Waals surface area contributed by atoms with Crippen molar-refractivity contribution in [2.24, 2.45) is 0 Å². The van der Waals surface area contributed by atoms with Crippen LogP contribution in [0.2, 0.25) is 0 Å². The fourth-order valence-corrected chi connectivity index (χ4v) is 3.74. The molecular formula is C25H32N4O4. The van der Waals surface area contributed by atoms with Gasteiger partial charge in [-0.05, 0) is 57.4 Å². The lowest BCUT2D eigenvalue weighted by Gasteiger charge is -2.23. The number of nitrogens with one attached hydrogen (secondary N) is 2. The SMILES string of the molecule is COc1cc2c(cc1OC)C(=CC(C)Nc1ccc(N(CCN(C)C)C(C)=O)cc1)C(=O)N2. The molecule has 0 aliphatic carbocycles. The summed E-state index contributed by atoms with van der Waals surface area (Å²) >= 11 is 0. The number of carbonyl (C=O) groups is 2. The molecule has 0 saturated carbocycles. The first-order chi connectivity index (χ1) is 15.7. The quantitative estimate of drug-likeness (QED) is 0.567. The summed E-state index contributed by atoms with van der Waals surface area (Å²) in [7, 11) is 7.10. The topological polar surface area (TPSA) is 83.1 Å². The molecular weight excluding hydrogens is 420 g/mol. The third-order valence-electron chi connectivity index (χ3n) is 5.45. The highest BCUT2D eigenvalue weighted by Gasteiger charge is 2.27. The van der Waals surface area contributed by atoms with Crippen LogP contribution in [-0.2, 0) is 9.59 Å². The van der Waals surface area contributed by atoms with Crippen molar-refractivity contribution in [3.8, 4) is 11.5 Å². The maximum atomic E-state index is 12.6. The summed E-state index contributed by atoms with van der Waals surface area (Å²) in [5.41, 5.74) is 3.80. The molecule has 0 fully saturated rings. The van der Waals surface area contributed by atoms with Crippen molar-refractivity contribution in [3.05, 3.63) is 48.0 Å². The molecule has 2 amide bonds. The van der Waals surface area contributed by atoms with Crippen LogP contribution < -0.4 is 25.0 Å². The van der Waals surface area contributed by atoms with Gasteiger partial charge in [0.2, 0.25) is 5.91 Å². The van der Waals surface area contributed by atoms with Crippen LogP contribution in [0, 0.1) is 0 Å². The van der Waals surface area contributed by atoms with E-state index in [0.29, 0.717) is 29.3 Å². The van der Waals surface area contributed by atoms with Gasteiger partial charge >= 0.3 is 0 Å². The Hall–Kier alpha value is -3.52. The summed E-state index contributed by atoms with van der Waals surface area (Å²) in [5, 5.41) is 6.27. The molecule has 1 aliphatic heterocycles. The number of methoxy groups -OCH3 is 2. The zero-order valence-electron chi connectivity index (χ0n) is 20.1. The Morgan fingerprint density at radius 2 is 1.73 bits per heavy atom. The van der Waals surface area contributed by atoms with Crippen LogP contribution in [0.4, 0.5) is 17.1 Å².